The van der Waals surface area contributed by atoms with Gasteiger partial charge < -0.3 is 15.0 Å². The number of ether oxygens (including phenoxy) is 1. The lowest BCUT2D eigenvalue weighted by Crippen LogP contribution is -2.31. The molecule has 0 bridgehead atoms. The molecule has 0 atom stereocenters. The lowest BCUT2D eigenvalue weighted by molar-refractivity contribution is 0.0769. The van der Waals surface area contributed by atoms with Crippen LogP contribution in [-0.2, 0) is 0 Å². The van der Waals surface area contributed by atoms with E-state index in [1.54, 1.807) is 59.0 Å². The molecule has 0 radical (unpaired) electrons. The summed E-state index contributed by atoms with van der Waals surface area (Å²) < 4.78 is 6.81. The summed E-state index contributed by atoms with van der Waals surface area (Å²) in [5.41, 5.74) is 1.46. The second kappa shape index (κ2) is 7.90. The van der Waals surface area contributed by atoms with Gasteiger partial charge in [0.15, 0.2) is 5.69 Å². The Morgan fingerprint density at radius 1 is 1.15 bits per heavy atom. The van der Waals surface area contributed by atoms with Gasteiger partial charge in [0.2, 0.25) is 5.82 Å². The average Bonchev–Trinajstić information content (AvgIpc) is 3.09. The van der Waals surface area contributed by atoms with E-state index in [0.29, 0.717) is 30.0 Å². The molecule has 0 aliphatic carbocycles. The number of carbonyl (C=O) groups excluding carboxylic acids is 2. The maximum atomic E-state index is 12.8. The summed E-state index contributed by atoms with van der Waals surface area (Å²) in [5.74, 6) is 0.203. The highest BCUT2D eigenvalue weighted by Crippen LogP contribution is 2.19. The minimum atomic E-state index is -0.400. The number of aromatic nitrogens is 2. The lowest BCUT2D eigenvalue weighted by atomic mass is 10.3. The van der Waals surface area contributed by atoms with Crippen LogP contribution in [0.15, 0.2) is 48.7 Å². The molecule has 0 aliphatic rings. The maximum Gasteiger partial charge on any atom is 0.292 e. The number of pyridine rings is 1. The van der Waals surface area contributed by atoms with Gasteiger partial charge in [-0.25, -0.2) is 4.98 Å². The van der Waals surface area contributed by atoms with Crippen LogP contribution in [0.4, 0.5) is 5.69 Å². The summed E-state index contributed by atoms with van der Waals surface area (Å²) in [6.45, 7) is 4.98. The molecule has 27 heavy (non-hydrogen) atoms. The zero-order valence-corrected chi connectivity index (χ0v) is 15.6. The van der Waals surface area contributed by atoms with Crippen LogP contribution in [0.25, 0.3) is 5.52 Å². The van der Waals surface area contributed by atoms with Crippen LogP contribution < -0.4 is 10.1 Å². The predicted molar refractivity (Wildman–Crippen MR) is 103 cm³/mol. The topological polar surface area (TPSA) is 75.9 Å². The molecule has 2 aromatic heterocycles. The van der Waals surface area contributed by atoms with Crippen molar-refractivity contribution in [2.45, 2.75) is 13.8 Å². The molecule has 3 rings (SSSR count). The molecular weight excluding hydrogens is 344 g/mol. The minimum absolute atomic E-state index is 0.156. The van der Waals surface area contributed by atoms with E-state index in [-0.39, 0.29) is 17.4 Å². The second-order valence-electron chi connectivity index (χ2n) is 5.90. The molecule has 1 N–H and O–H groups in total. The Labute approximate surface area is 157 Å². The van der Waals surface area contributed by atoms with Gasteiger partial charge in [-0.3, -0.25) is 14.0 Å². The highest BCUT2D eigenvalue weighted by molar-refractivity contribution is 6.06. The molecule has 0 unspecified atom stereocenters. The monoisotopic (exact) mass is 366 g/mol. The van der Waals surface area contributed by atoms with Gasteiger partial charge in [-0.15, -0.1) is 0 Å². The van der Waals surface area contributed by atoms with E-state index >= 15 is 0 Å². The first kappa shape index (κ1) is 18.4. The lowest BCUT2D eigenvalue weighted by Gasteiger charge is -2.17. The van der Waals surface area contributed by atoms with Gasteiger partial charge in [0, 0.05) is 31.0 Å². The van der Waals surface area contributed by atoms with Crippen molar-refractivity contribution in [3.8, 4) is 5.75 Å². The Kier molecular flexibility index (Phi) is 5.40. The van der Waals surface area contributed by atoms with Crippen LogP contribution in [0.1, 0.15) is 35.0 Å². The Morgan fingerprint density at radius 2 is 1.93 bits per heavy atom. The van der Waals surface area contributed by atoms with E-state index < -0.39 is 5.91 Å². The van der Waals surface area contributed by atoms with Gasteiger partial charge in [-0.1, -0.05) is 12.1 Å². The number of nitrogens with one attached hydrogen (secondary N) is 1. The molecule has 140 valence electrons. The van der Waals surface area contributed by atoms with Crippen molar-refractivity contribution >= 4 is 23.0 Å². The number of methoxy groups -OCH3 is 1. The third-order valence-corrected chi connectivity index (χ3v) is 4.33. The molecule has 7 heteroatoms. The molecule has 0 saturated heterocycles. The summed E-state index contributed by atoms with van der Waals surface area (Å²) in [7, 11) is 1.56. The van der Waals surface area contributed by atoms with Crippen molar-refractivity contribution in [2.75, 3.05) is 25.5 Å². The smallest absolute Gasteiger partial charge is 0.292 e. The van der Waals surface area contributed by atoms with Crippen molar-refractivity contribution in [1.82, 2.24) is 14.3 Å². The predicted octanol–water partition coefficient (Wildman–Crippen LogP) is 3.08. The van der Waals surface area contributed by atoms with E-state index in [0.717, 1.165) is 0 Å². The van der Waals surface area contributed by atoms with Gasteiger partial charge in [0.1, 0.15) is 5.75 Å². The van der Waals surface area contributed by atoms with Crippen LogP contribution in [0.3, 0.4) is 0 Å². The van der Waals surface area contributed by atoms with Crippen LogP contribution in [0.2, 0.25) is 0 Å². The van der Waals surface area contributed by atoms with Crippen molar-refractivity contribution in [3.63, 3.8) is 0 Å². The maximum absolute atomic E-state index is 12.8. The molecule has 0 fully saturated rings. The molecule has 2 heterocycles. The first-order chi connectivity index (χ1) is 13.1. The zero-order chi connectivity index (χ0) is 19.4. The molecule has 2 amide bonds. The van der Waals surface area contributed by atoms with E-state index in [9.17, 15) is 9.59 Å². The van der Waals surface area contributed by atoms with E-state index in [2.05, 4.69) is 10.3 Å². The summed E-state index contributed by atoms with van der Waals surface area (Å²) in [6, 6.07) is 12.5. The van der Waals surface area contributed by atoms with Crippen molar-refractivity contribution in [2.24, 2.45) is 0 Å². The molecule has 0 aliphatic heterocycles. The summed E-state index contributed by atoms with van der Waals surface area (Å²) in [6.07, 6.45) is 1.72. The zero-order valence-electron chi connectivity index (χ0n) is 15.6. The molecule has 1 aromatic carbocycles. The van der Waals surface area contributed by atoms with E-state index in [4.69, 9.17) is 4.74 Å². The van der Waals surface area contributed by atoms with Gasteiger partial charge in [0.25, 0.3) is 11.8 Å². The third-order valence-electron chi connectivity index (χ3n) is 4.33. The number of anilines is 1. The standard InChI is InChI=1S/C20H22N4O3/c1-4-23(5-2)20(26)17-16-11-6-7-12-24(16)18(22-17)19(25)21-14-9-8-10-15(13-14)27-3/h6-13H,4-5H2,1-3H3,(H,21,25). The van der Waals surface area contributed by atoms with E-state index in [1.807, 2.05) is 19.9 Å². The number of hydrogen-bond donors (Lipinski definition) is 1. The van der Waals surface area contributed by atoms with Crippen LogP contribution in [0, 0.1) is 0 Å². The van der Waals surface area contributed by atoms with Gasteiger partial charge in [0.05, 0.1) is 12.6 Å². The number of benzene rings is 1. The largest absolute Gasteiger partial charge is 0.497 e. The number of imidazole rings is 1. The van der Waals surface area contributed by atoms with Crippen LogP contribution >= 0.6 is 0 Å². The highest BCUT2D eigenvalue weighted by atomic mass is 16.5. The van der Waals surface area contributed by atoms with Crippen LogP contribution in [-0.4, -0.2) is 46.3 Å². The Morgan fingerprint density at radius 3 is 2.63 bits per heavy atom. The Hall–Kier alpha value is -3.35. The summed E-state index contributed by atoms with van der Waals surface area (Å²) >= 11 is 0. The first-order valence-electron chi connectivity index (χ1n) is 8.80. The van der Waals surface area contributed by atoms with Crippen molar-refractivity contribution in [1.29, 1.82) is 0 Å². The van der Waals surface area contributed by atoms with Crippen molar-refractivity contribution < 1.29 is 14.3 Å². The van der Waals surface area contributed by atoms with Gasteiger partial charge in [-0.2, -0.15) is 0 Å². The fraction of sp³-hybridized carbons (Fsp3) is 0.250. The summed E-state index contributed by atoms with van der Waals surface area (Å²) in [5, 5.41) is 2.81. The van der Waals surface area contributed by atoms with Gasteiger partial charge >= 0.3 is 0 Å². The quantitative estimate of drug-likeness (QED) is 0.727. The highest BCUT2D eigenvalue weighted by Gasteiger charge is 2.24. The molecule has 0 spiro atoms. The Bertz CT molecular complexity index is 976. The Balaban J connectivity index is 1.99. The molecule has 3 aromatic rings. The third kappa shape index (κ3) is 3.62. The van der Waals surface area contributed by atoms with Crippen molar-refractivity contribution in [3.05, 3.63) is 60.2 Å². The SMILES string of the molecule is CCN(CC)C(=O)c1nc(C(=O)Nc2cccc(OC)c2)n2ccccc12. The molecular formula is C20H22N4O3. The number of carbonyl (C=O) groups is 2. The first-order valence-corrected chi connectivity index (χ1v) is 8.80. The van der Waals surface area contributed by atoms with Crippen LogP contribution in [0.5, 0.6) is 5.75 Å². The van der Waals surface area contributed by atoms with Gasteiger partial charge in [-0.05, 0) is 38.1 Å². The fourth-order valence-corrected chi connectivity index (χ4v) is 2.90. The minimum Gasteiger partial charge on any atom is -0.497 e. The summed E-state index contributed by atoms with van der Waals surface area (Å²) in [4.78, 5) is 31.7. The molecule has 0 saturated carbocycles. The number of hydrogen-bond acceptors (Lipinski definition) is 4. The molecule has 7 nitrogen and oxygen atoms in total. The number of rotatable bonds is 6. The average molecular weight is 366 g/mol. The second-order valence-corrected chi connectivity index (χ2v) is 5.90. The van der Waals surface area contributed by atoms with E-state index in [1.165, 1.54) is 0 Å². The number of fused-ring (bicyclic) bond motifs is 1. The normalized spacial score (nSPS) is 10.6. The number of amides is 2. The number of nitrogens with zero attached hydrogens (tertiary/aromatic N) is 3. The fourth-order valence-electron chi connectivity index (χ4n) is 2.90.